The zero-order chi connectivity index (χ0) is 25.2. The van der Waals surface area contributed by atoms with Crippen LogP contribution in [0.3, 0.4) is 0 Å². The van der Waals surface area contributed by atoms with E-state index >= 15 is 8.78 Å². The van der Waals surface area contributed by atoms with Crippen molar-refractivity contribution in [1.29, 1.82) is 0 Å². The predicted octanol–water partition coefficient (Wildman–Crippen LogP) is 4.51. The zero-order valence-corrected chi connectivity index (χ0v) is 19.8. The van der Waals surface area contributed by atoms with Gasteiger partial charge in [0.05, 0.1) is 36.5 Å². The average Bonchev–Trinajstić information content (AvgIpc) is 3.23. The fraction of sp³-hybridized carbons (Fsp3) is 0.385. The summed E-state index contributed by atoms with van der Waals surface area (Å²) in [5.74, 6) is -7.65. The van der Waals surface area contributed by atoms with Crippen molar-refractivity contribution in [2.75, 3.05) is 6.61 Å². The van der Waals surface area contributed by atoms with Crippen molar-refractivity contribution in [3.63, 3.8) is 0 Å². The van der Waals surface area contributed by atoms with E-state index in [0.717, 1.165) is 26.5 Å². The standard InChI is InChI=1S/C26H29F3O4S/c1-4-16(8-6-15(3)27)21-10-9-19(34-21)12-18-11-17(7-5-14(18)2)22-24(32)25(33)23(31)20(13-30)26(22,28)29/h4-11,20,22-25,30-33H,1,12-13H2,2-3H3/b15-6+,16-8+/t20-,22+,23-,24+,25+/m1/s1. The van der Waals surface area contributed by atoms with Crippen LogP contribution in [0, 0.1) is 12.8 Å². The molecule has 2 aromatic rings. The minimum absolute atomic E-state index is 0.120. The molecule has 1 aromatic heterocycles. The molecule has 184 valence electrons. The maximum Gasteiger partial charge on any atom is 0.264 e. The molecule has 0 amide bonds. The van der Waals surface area contributed by atoms with Crippen LogP contribution < -0.4 is 0 Å². The minimum atomic E-state index is -3.64. The van der Waals surface area contributed by atoms with Gasteiger partial charge >= 0.3 is 0 Å². The summed E-state index contributed by atoms with van der Waals surface area (Å²) in [6.45, 7) is 5.94. The molecule has 0 unspecified atom stereocenters. The molecule has 4 nitrogen and oxygen atoms in total. The summed E-state index contributed by atoms with van der Waals surface area (Å²) in [6, 6.07) is 8.52. The lowest BCUT2D eigenvalue weighted by Crippen LogP contribution is -2.61. The summed E-state index contributed by atoms with van der Waals surface area (Å²) in [5, 5.41) is 39.9. The fourth-order valence-corrected chi connectivity index (χ4v) is 5.37. The van der Waals surface area contributed by atoms with Crippen molar-refractivity contribution < 1.29 is 33.6 Å². The van der Waals surface area contributed by atoms with Gasteiger partial charge in [0.1, 0.15) is 6.10 Å². The largest absolute Gasteiger partial charge is 0.396 e. The summed E-state index contributed by atoms with van der Waals surface area (Å²) >= 11 is 1.47. The van der Waals surface area contributed by atoms with Crippen LogP contribution in [0.25, 0.3) is 5.57 Å². The Morgan fingerprint density at radius 1 is 1.09 bits per heavy atom. The van der Waals surface area contributed by atoms with Crippen LogP contribution in [-0.2, 0) is 6.42 Å². The summed E-state index contributed by atoms with van der Waals surface area (Å²) < 4.78 is 43.4. The maximum absolute atomic E-state index is 15.2. The van der Waals surface area contributed by atoms with E-state index in [1.165, 1.54) is 30.4 Å². The third-order valence-electron chi connectivity index (χ3n) is 6.31. The molecule has 5 atom stereocenters. The van der Waals surface area contributed by atoms with E-state index in [9.17, 15) is 24.8 Å². The first-order valence-electron chi connectivity index (χ1n) is 10.9. The number of hydrogen-bond donors (Lipinski definition) is 4. The van der Waals surface area contributed by atoms with Gasteiger partial charge in [0.25, 0.3) is 5.92 Å². The second kappa shape index (κ2) is 10.6. The Kier molecular flexibility index (Phi) is 8.21. The van der Waals surface area contributed by atoms with Gasteiger partial charge < -0.3 is 20.4 Å². The molecule has 0 radical (unpaired) electrons. The van der Waals surface area contributed by atoms with Crippen LogP contribution >= 0.6 is 11.3 Å². The SMILES string of the molecule is C=C/C(=C\C=C(/C)F)c1ccc(Cc2cc([C@H]3[C@H](O)[C@@H](O)[C@H](O)[C@@H](CO)C3(F)F)ccc2C)s1. The van der Waals surface area contributed by atoms with Crippen molar-refractivity contribution in [1.82, 2.24) is 0 Å². The predicted molar refractivity (Wildman–Crippen MR) is 128 cm³/mol. The summed E-state index contributed by atoms with van der Waals surface area (Å²) in [6.07, 6.45) is -0.593. The molecule has 1 fully saturated rings. The molecule has 1 aliphatic carbocycles. The third kappa shape index (κ3) is 5.21. The molecule has 1 aromatic carbocycles. The van der Waals surface area contributed by atoms with Crippen LogP contribution in [0.2, 0.25) is 0 Å². The van der Waals surface area contributed by atoms with Crippen LogP contribution in [0.1, 0.15) is 39.3 Å². The van der Waals surface area contributed by atoms with Gasteiger partial charge in [-0.25, -0.2) is 13.2 Å². The first-order valence-corrected chi connectivity index (χ1v) is 11.7. The molecule has 0 saturated heterocycles. The number of aliphatic hydroxyl groups excluding tert-OH is 4. The molecule has 8 heteroatoms. The molecule has 34 heavy (non-hydrogen) atoms. The Bertz CT molecular complexity index is 1090. The first kappa shape index (κ1) is 26.4. The molecule has 1 saturated carbocycles. The van der Waals surface area contributed by atoms with Crippen molar-refractivity contribution >= 4 is 16.9 Å². The molecule has 0 bridgehead atoms. The number of halogens is 3. The lowest BCUT2D eigenvalue weighted by atomic mass is 9.70. The van der Waals surface area contributed by atoms with Crippen LogP contribution in [0.5, 0.6) is 0 Å². The highest BCUT2D eigenvalue weighted by Crippen LogP contribution is 2.48. The number of hydrogen-bond acceptors (Lipinski definition) is 5. The van der Waals surface area contributed by atoms with E-state index < -0.39 is 42.7 Å². The number of allylic oxidation sites excluding steroid dienone is 5. The van der Waals surface area contributed by atoms with Crippen LogP contribution in [-0.4, -0.2) is 51.3 Å². The smallest absolute Gasteiger partial charge is 0.264 e. The molecule has 1 aliphatic rings. The average molecular weight is 495 g/mol. The Labute approximate surface area is 201 Å². The highest BCUT2D eigenvalue weighted by atomic mass is 32.1. The Morgan fingerprint density at radius 3 is 2.41 bits per heavy atom. The van der Waals surface area contributed by atoms with Crippen LogP contribution in [0.15, 0.2) is 61.0 Å². The summed E-state index contributed by atoms with van der Waals surface area (Å²) in [4.78, 5) is 1.83. The van der Waals surface area contributed by atoms with Gasteiger partial charge in [0.2, 0.25) is 0 Å². The van der Waals surface area contributed by atoms with E-state index in [0.29, 0.717) is 6.42 Å². The molecular formula is C26H29F3O4S. The van der Waals surface area contributed by atoms with Gasteiger partial charge in [-0.3, -0.25) is 0 Å². The van der Waals surface area contributed by atoms with E-state index in [-0.39, 0.29) is 11.4 Å². The molecular weight excluding hydrogens is 465 g/mol. The second-order valence-corrected chi connectivity index (χ2v) is 9.79. The van der Waals surface area contributed by atoms with Gasteiger partial charge in [-0.2, -0.15) is 0 Å². The number of aliphatic hydroxyl groups is 4. The molecule has 3 rings (SSSR count). The van der Waals surface area contributed by atoms with E-state index in [2.05, 4.69) is 6.58 Å². The molecule has 0 aliphatic heterocycles. The fourth-order valence-electron chi connectivity index (χ4n) is 4.32. The Hall–Kier alpha value is -2.23. The van der Waals surface area contributed by atoms with Gasteiger partial charge in [-0.15, -0.1) is 11.3 Å². The third-order valence-corrected chi connectivity index (χ3v) is 7.45. The Balaban J connectivity index is 1.93. The minimum Gasteiger partial charge on any atom is -0.396 e. The molecule has 4 N–H and O–H groups in total. The lowest BCUT2D eigenvalue weighted by Gasteiger charge is -2.45. The van der Waals surface area contributed by atoms with Crippen molar-refractivity contribution in [2.45, 2.75) is 50.4 Å². The zero-order valence-electron chi connectivity index (χ0n) is 19.0. The second-order valence-electron chi connectivity index (χ2n) is 8.62. The molecule has 1 heterocycles. The van der Waals surface area contributed by atoms with Gasteiger partial charge in [-0.05, 0) is 54.3 Å². The van der Waals surface area contributed by atoms with Gasteiger partial charge in [-0.1, -0.05) is 36.9 Å². The van der Waals surface area contributed by atoms with Crippen molar-refractivity contribution in [3.05, 3.63) is 87.4 Å². The summed E-state index contributed by atoms with van der Waals surface area (Å²) in [5.41, 5.74) is 2.50. The Morgan fingerprint density at radius 2 is 1.79 bits per heavy atom. The monoisotopic (exact) mass is 494 g/mol. The van der Waals surface area contributed by atoms with E-state index in [1.54, 1.807) is 24.3 Å². The summed E-state index contributed by atoms with van der Waals surface area (Å²) in [7, 11) is 0. The van der Waals surface area contributed by atoms with Gasteiger partial charge in [0, 0.05) is 16.2 Å². The number of benzene rings is 1. The van der Waals surface area contributed by atoms with E-state index in [4.69, 9.17) is 0 Å². The first-order chi connectivity index (χ1) is 16.0. The number of alkyl halides is 2. The topological polar surface area (TPSA) is 80.9 Å². The number of thiophene rings is 1. The normalized spacial score (nSPS) is 27.6. The highest BCUT2D eigenvalue weighted by molar-refractivity contribution is 7.13. The van der Waals surface area contributed by atoms with E-state index in [1.807, 2.05) is 19.1 Å². The van der Waals surface area contributed by atoms with Crippen molar-refractivity contribution in [3.8, 4) is 0 Å². The highest BCUT2D eigenvalue weighted by Gasteiger charge is 2.60. The van der Waals surface area contributed by atoms with Gasteiger partial charge in [0.15, 0.2) is 0 Å². The van der Waals surface area contributed by atoms with Crippen molar-refractivity contribution in [2.24, 2.45) is 5.92 Å². The maximum atomic E-state index is 15.2. The number of aryl methyl sites for hydroxylation is 1. The number of rotatable bonds is 7. The quantitative estimate of drug-likeness (QED) is 0.427. The van der Waals surface area contributed by atoms with Crippen LogP contribution in [0.4, 0.5) is 13.2 Å². The molecule has 0 spiro atoms. The lowest BCUT2D eigenvalue weighted by molar-refractivity contribution is -0.232.